The van der Waals surface area contributed by atoms with Crippen molar-refractivity contribution in [3.63, 3.8) is 0 Å². The zero-order valence-electron chi connectivity index (χ0n) is 11.8. The van der Waals surface area contributed by atoms with E-state index in [9.17, 15) is 5.26 Å². The average Bonchev–Trinajstić information content (AvgIpc) is 2.49. The van der Waals surface area contributed by atoms with E-state index in [4.69, 9.17) is 0 Å². The van der Waals surface area contributed by atoms with Crippen LogP contribution in [0.2, 0.25) is 0 Å². The first-order chi connectivity index (χ1) is 9.78. The molecular weight excluding hydrogens is 246 g/mol. The lowest BCUT2D eigenvalue weighted by Crippen LogP contribution is -2.33. The average molecular weight is 265 g/mol. The van der Waals surface area contributed by atoms with Crippen LogP contribution < -0.4 is 0 Å². The fourth-order valence-corrected chi connectivity index (χ4v) is 2.96. The Bertz CT molecular complexity index is 651. The van der Waals surface area contributed by atoms with Crippen LogP contribution in [0.25, 0.3) is 10.9 Å². The van der Waals surface area contributed by atoms with E-state index in [0.717, 1.165) is 35.2 Å². The molecule has 1 unspecified atom stereocenters. The van der Waals surface area contributed by atoms with Gasteiger partial charge in [-0.05, 0) is 56.6 Å². The molecule has 1 saturated heterocycles. The van der Waals surface area contributed by atoms with Crippen LogP contribution in [0.3, 0.4) is 0 Å². The van der Waals surface area contributed by atoms with Crippen molar-refractivity contribution in [2.45, 2.75) is 32.2 Å². The molecular formula is C17H19N3. The summed E-state index contributed by atoms with van der Waals surface area (Å²) < 4.78 is 0. The maximum absolute atomic E-state index is 9.54. The Morgan fingerprint density at radius 2 is 1.95 bits per heavy atom. The van der Waals surface area contributed by atoms with Crippen molar-refractivity contribution in [3.8, 4) is 6.07 Å². The summed E-state index contributed by atoms with van der Waals surface area (Å²) in [5.41, 5.74) is 3.12. The summed E-state index contributed by atoms with van der Waals surface area (Å²) >= 11 is 0. The Labute approximate surface area is 119 Å². The highest BCUT2D eigenvalue weighted by Gasteiger charge is 2.22. The van der Waals surface area contributed by atoms with E-state index < -0.39 is 0 Å². The minimum absolute atomic E-state index is 0.124. The SMILES string of the molecule is Cc1ccc2cc(C(C#N)N3CCCCC3)ccc2n1. The minimum Gasteiger partial charge on any atom is -0.284 e. The molecule has 3 rings (SSSR count). The van der Waals surface area contributed by atoms with Gasteiger partial charge in [0.15, 0.2) is 0 Å². The normalized spacial score (nSPS) is 17.8. The highest BCUT2D eigenvalue weighted by Crippen LogP contribution is 2.26. The summed E-state index contributed by atoms with van der Waals surface area (Å²) in [6.07, 6.45) is 3.69. The van der Waals surface area contributed by atoms with Gasteiger partial charge in [-0.1, -0.05) is 18.6 Å². The largest absolute Gasteiger partial charge is 0.284 e. The summed E-state index contributed by atoms with van der Waals surface area (Å²) in [5.74, 6) is 0. The molecule has 3 nitrogen and oxygen atoms in total. The van der Waals surface area contributed by atoms with E-state index in [0.29, 0.717) is 0 Å². The van der Waals surface area contributed by atoms with Crippen LogP contribution in [0.5, 0.6) is 0 Å². The zero-order valence-corrected chi connectivity index (χ0v) is 11.8. The van der Waals surface area contributed by atoms with Gasteiger partial charge in [-0.3, -0.25) is 9.88 Å². The number of nitrogens with zero attached hydrogens (tertiary/aromatic N) is 3. The number of nitriles is 1. The van der Waals surface area contributed by atoms with Gasteiger partial charge < -0.3 is 0 Å². The van der Waals surface area contributed by atoms with Crippen molar-refractivity contribution in [2.75, 3.05) is 13.1 Å². The molecule has 0 aliphatic carbocycles. The first kappa shape index (κ1) is 13.1. The first-order valence-electron chi connectivity index (χ1n) is 7.29. The molecule has 0 radical (unpaired) electrons. The highest BCUT2D eigenvalue weighted by molar-refractivity contribution is 5.79. The number of aryl methyl sites for hydroxylation is 1. The van der Waals surface area contributed by atoms with Crippen LogP contribution >= 0.6 is 0 Å². The number of aromatic nitrogens is 1. The Hall–Kier alpha value is -1.92. The molecule has 0 bridgehead atoms. The lowest BCUT2D eigenvalue weighted by molar-refractivity contribution is 0.196. The van der Waals surface area contributed by atoms with Gasteiger partial charge in [-0.25, -0.2) is 0 Å². The molecule has 2 heterocycles. The zero-order chi connectivity index (χ0) is 13.9. The van der Waals surface area contributed by atoms with Gasteiger partial charge in [0.05, 0.1) is 11.6 Å². The standard InChI is InChI=1S/C17H19N3/c1-13-5-6-14-11-15(7-8-16(14)19-13)17(12-18)20-9-3-2-4-10-20/h5-8,11,17H,2-4,9-10H2,1H3. The smallest absolute Gasteiger partial charge is 0.123 e. The Morgan fingerprint density at radius 3 is 2.70 bits per heavy atom. The van der Waals surface area contributed by atoms with E-state index in [1.165, 1.54) is 19.3 Å². The molecule has 2 aromatic rings. The van der Waals surface area contributed by atoms with Crippen LogP contribution in [-0.2, 0) is 0 Å². The second-order valence-electron chi connectivity index (χ2n) is 5.53. The van der Waals surface area contributed by atoms with Crippen molar-refractivity contribution in [1.82, 2.24) is 9.88 Å². The summed E-state index contributed by atoms with van der Waals surface area (Å²) in [4.78, 5) is 6.82. The summed E-state index contributed by atoms with van der Waals surface area (Å²) in [6, 6.07) is 12.7. The molecule has 0 amide bonds. The van der Waals surface area contributed by atoms with Crippen LogP contribution in [0.1, 0.15) is 36.6 Å². The number of hydrogen-bond donors (Lipinski definition) is 0. The lowest BCUT2D eigenvalue weighted by atomic mass is 10.0. The van der Waals surface area contributed by atoms with Gasteiger partial charge in [0.2, 0.25) is 0 Å². The molecule has 0 N–H and O–H groups in total. The molecule has 20 heavy (non-hydrogen) atoms. The third-order valence-electron chi connectivity index (χ3n) is 4.05. The number of likely N-dealkylation sites (tertiary alicyclic amines) is 1. The Morgan fingerprint density at radius 1 is 1.15 bits per heavy atom. The van der Waals surface area contributed by atoms with Crippen LogP contribution in [0.15, 0.2) is 30.3 Å². The molecule has 1 fully saturated rings. The maximum Gasteiger partial charge on any atom is 0.123 e. The number of hydrogen-bond acceptors (Lipinski definition) is 3. The van der Waals surface area contributed by atoms with Gasteiger partial charge in [0, 0.05) is 11.1 Å². The summed E-state index contributed by atoms with van der Waals surface area (Å²) in [5, 5.41) is 10.7. The van der Waals surface area contributed by atoms with Crippen molar-refractivity contribution in [2.24, 2.45) is 0 Å². The lowest BCUT2D eigenvalue weighted by Gasteiger charge is -2.30. The fourth-order valence-electron chi connectivity index (χ4n) is 2.96. The van der Waals surface area contributed by atoms with Crippen molar-refractivity contribution >= 4 is 10.9 Å². The first-order valence-corrected chi connectivity index (χ1v) is 7.29. The molecule has 0 saturated carbocycles. The molecule has 102 valence electrons. The van der Waals surface area contributed by atoms with Gasteiger partial charge in [-0.15, -0.1) is 0 Å². The molecule has 1 aliphatic heterocycles. The molecule has 1 atom stereocenters. The number of piperidine rings is 1. The van der Waals surface area contributed by atoms with Crippen molar-refractivity contribution in [1.29, 1.82) is 5.26 Å². The van der Waals surface area contributed by atoms with Gasteiger partial charge in [0.1, 0.15) is 6.04 Å². The number of fused-ring (bicyclic) bond motifs is 1. The van der Waals surface area contributed by atoms with Crippen molar-refractivity contribution in [3.05, 3.63) is 41.6 Å². The third kappa shape index (κ3) is 2.52. The van der Waals surface area contributed by atoms with E-state index in [1.807, 2.05) is 19.1 Å². The van der Waals surface area contributed by atoms with Crippen LogP contribution in [0, 0.1) is 18.3 Å². The second kappa shape index (κ2) is 5.60. The molecule has 1 aromatic carbocycles. The Kier molecular flexibility index (Phi) is 3.66. The molecule has 3 heteroatoms. The Balaban J connectivity index is 1.95. The molecule has 0 spiro atoms. The quantitative estimate of drug-likeness (QED) is 0.833. The monoisotopic (exact) mass is 265 g/mol. The minimum atomic E-state index is -0.124. The molecule has 1 aliphatic rings. The van der Waals surface area contributed by atoms with E-state index >= 15 is 0 Å². The van der Waals surface area contributed by atoms with Crippen molar-refractivity contribution < 1.29 is 0 Å². The summed E-state index contributed by atoms with van der Waals surface area (Å²) in [7, 11) is 0. The van der Waals surface area contributed by atoms with Crippen LogP contribution in [0.4, 0.5) is 0 Å². The van der Waals surface area contributed by atoms with Gasteiger partial charge >= 0.3 is 0 Å². The second-order valence-corrected chi connectivity index (χ2v) is 5.53. The van der Waals surface area contributed by atoms with Gasteiger partial charge in [0.25, 0.3) is 0 Å². The highest BCUT2D eigenvalue weighted by atomic mass is 15.2. The van der Waals surface area contributed by atoms with E-state index in [1.54, 1.807) is 0 Å². The number of rotatable bonds is 2. The predicted octanol–water partition coefficient (Wildman–Crippen LogP) is 3.59. The number of benzene rings is 1. The molecule has 1 aromatic heterocycles. The van der Waals surface area contributed by atoms with Gasteiger partial charge in [-0.2, -0.15) is 5.26 Å². The fraction of sp³-hybridized carbons (Fsp3) is 0.412. The topological polar surface area (TPSA) is 39.9 Å². The third-order valence-corrected chi connectivity index (χ3v) is 4.05. The van der Waals surface area contributed by atoms with Crippen LogP contribution in [-0.4, -0.2) is 23.0 Å². The summed E-state index contributed by atoms with van der Waals surface area (Å²) in [6.45, 7) is 4.06. The maximum atomic E-state index is 9.54. The van der Waals surface area contributed by atoms with E-state index in [2.05, 4.69) is 34.2 Å². The predicted molar refractivity (Wildman–Crippen MR) is 80.3 cm³/mol. The number of pyridine rings is 1. The van der Waals surface area contributed by atoms with E-state index in [-0.39, 0.29) is 6.04 Å².